The van der Waals surface area contributed by atoms with Crippen molar-refractivity contribution < 1.29 is 9.18 Å². The van der Waals surface area contributed by atoms with Crippen LogP contribution in [0.1, 0.15) is 29.9 Å². The van der Waals surface area contributed by atoms with Gasteiger partial charge >= 0.3 is 0 Å². The Morgan fingerprint density at radius 2 is 2.17 bits per heavy atom. The molecular formula is C23H24FN5O. The van der Waals surface area contributed by atoms with Crippen LogP contribution in [-0.4, -0.2) is 33.9 Å². The Bertz CT molecular complexity index is 1110. The van der Waals surface area contributed by atoms with Crippen LogP contribution in [0.3, 0.4) is 0 Å². The number of H-pyrrole nitrogens is 1. The molecule has 1 aliphatic heterocycles. The van der Waals surface area contributed by atoms with Gasteiger partial charge in [0.25, 0.3) is 5.91 Å². The van der Waals surface area contributed by atoms with E-state index in [1.54, 1.807) is 6.20 Å². The summed E-state index contributed by atoms with van der Waals surface area (Å²) in [5.41, 5.74) is 7.75. The second-order valence-corrected chi connectivity index (χ2v) is 7.39. The number of anilines is 1. The van der Waals surface area contributed by atoms with E-state index < -0.39 is 5.82 Å². The van der Waals surface area contributed by atoms with Gasteiger partial charge in [0.2, 0.25) is 0 Å². The molecule has 7 heteroatoms. The van der Waals surface area contributed by atoms with Crippen molar-refractivity contribution in [3.63, 3.8) is 0 Å². The quantitative estimate of drug-likeness (QED) is 0.561. The summed E-state index contributed by atoms with van der Waals surface area (Å²) in [6, 6.07) is 10.2. The number of hydrogen-bond donors (Lipinski definition) is 3. The van der Waals surface area contributed by atoms with Crippen LogP contribution in [0, 0.1) is 5.82 Å². The number of nitrogens with zero attached hydrogens (tertiary/aromatic N) is 2. The van der Waals surface area contributed by atoms with Gasteiger partial charge in [-0.05, 0) is 18.4 Å². The fourth-order valence-corrected chi connectivity index (χ4v) is 4.05. The maximum absolute atomic E-state index is 14.6. The summed E-state index contributed by atoms with van der Waals surface area (Å²) in [7, 11) is 0. The van der Waals surface area contributed by atoms with E-state index in [0.29, 0.717) is 35.9 Å². The molecule has 1 atom stereocenters. The second kappa shape index (κ2) is 8.41. The van der Waals surface area contributed by atoms with Crippen LogP contribution in [0.25, 0.3) is 16.5 Å². The van der Waals surface area contributed by atoms with Gasteiger partial charge in [-0.3, -0.25) is 4.79 Å². The third-order valence-electron chi connectivity index (χ3n) is 5.54. The van der Waals surface area contributed by atoms with Crippen LogP contribution in [0.5, 0.6) is 0 Å². The lowest BCUT2D eigenvalue weighted by molar-refractivity contribution is -0.126. The van der Waals surface area contributed by atoms with Gasteiger partial charge in [-0.1, -0.05) is 36.9 Å². The highest BCUT2D eigenvalue weighted by molar-refractivity contribution is 6.22. The molecule has 0 unspecified atom stereocenters. The van der Waals surface area contributed by atoms with Gasteiger partial charge in [-0.15, -0.1) is 0 Å². The molecule has 3 aromatic rings. The van der Waals surface area contributed by atoms with Crippen molar-refractivity contribution in [1.82, 2.24) is 14.9 Å². The molecular weight excluding hydrogens is 381 g/mol. The van der Waals surface area contributed by atoms with E-state index in [0.717, 1.165) is 19.0 Å². The van der Waals surface area contributed by atoms with Crippen LogP contribution in [0.2, 0.25) is 0 Å². The van der Waals surface area contributed by atoms with Gasteiger partial charge in [0.05, 0.1) is 11.7 Å². The molecule has 2 aromatic heterocycles. The smallest absolute Gasteiger partial charge is 0.253 e. The standard InChI is InChI=1S/C23H24FN5O/c1-15(18-12-27-21-20(18)19(24)13-28-22(21)26-10-9-25)23(30)29-11-5-8-17(14-29)16-6-3-2-4-7-16/h2-4,6-7,9-10,12-13,17,27H,1,5,8,11,14,25H2,(H,26,28)/b10-9-/t17-/m0/s1. The molecule has 0 bridgehead atoms. The van der Waals surface area contributed by atoms with Crippen LogP contribution < -0.4 is 11.1 Å². The molecule has 154 valence electrons. The zero-order chi connectivity index (χ0) is 21.1. The van der Waals surface area contributed by atoms with E-state index >= 15 is 0 Å². The van der Waals surface area contributed by atoms with Crippen molar-refractivity contribution in [1.29, 1.82) is 0 Å². The van der Waals surface area contributed by atoms with Crippen LogP contribution in [0.15, 0.2) is 61.7 Å². The molecule has 1 fully saturated rings. The monoisotopic (exact) mass is 405 g/mol. The zero-order valence-electron chi connectivity index (χ0n) is 16.6. The maximum atomic E-state index is 14.6. The van der Waals surface area contributed by atoms with Crippen molar-refractivity contribution in [3.05, 3.63) is 78.6 Å². The number of amides is 1. The van der Waals surface area contributed by atoms with E-state index in [-0.39, 0.29) is 16.9 Å². The van der Waals surface area contributed by atoms with Crippen molar-refractivity contribution in [2.45, 2.75) is 18.8 Å². The number of hydrogen-bond acceptors (Lipinski definition) is 4. The molecule has 4 rings (SSSR count). The number of nitrogens with one attached hydrogen (secondary N) is 2. The Labute approximate surface area is 174 Å². The van der Waals surface area contributed by atoms with Crippen molar-refractivity contribution in [2.24, 2.45) is 5.73 Å². The van der Waals surface area contributed by atoms with E-state index in [1.807, 2.05) is 23.1 Å². The minimum absolute atomic E-state index is 0.177. The summed E-state index contributed by atoms with van der Waals surface area (Å²) in [5.74, 6) is 0.0172. The Morgan fingerprint density at radius 3 is 2.93 bits per heavy atom. The SMILES string of the molecule is C=C(C(=O)N1CCC[C@H](c2ccccc2)C1)c1c[nH]c2c(N/C=C\N)ncc(F)c12. The number of carbonyl (C=O) groups excluding carboxylic acids is 1. The number of aromatic nitrogens is 2. The van der Waals surface area contributed by atoms with Crippen LogP contribution >= 0.6 is 0 Å². The second-order valence-electron chi connectivity index (χ2n) is 7.39. The van der Waals surface area contributed by atoms with Gasteiger partial charge in [0.1, 0.15) is 0 Å². The average molecular weight is 405 g/mol. The fourth-order valence-electron chi connectivity index (χ4n) is 4.05. The van der Waals surface area contributed by atoms with Gasteiger partial charge < -0.3 is 20.9 Å². The van der Waals surface area contributed by atoms with Gasteiger partial charge in [-0.2, -0.15) is 0 Å². The first-order chi connectivity index (χ1) is 14.6. The minimum atomic E-state index is -0.515. The van der Waals surface area contributed by atoms with Gasteiger partial charge in [-0.25, -0.2) is 9.37 Å². The van der Waals surface area contributed by atoms with Gasteiger partial charge in [0.15, 0.2) is 11.6 Å². The number of nitrogens with two attached hydrogens (primary N) is 1. The normalized spacial score (nSPS) is 16.8. The molecule has 0 spiro atoms. The number of benzene rings is 1. The van der Waals surface area contributed by atoms with E-state index in [2.05, 4.69) is 34.0 Å². The van der Waals surface area contributed by atoms with E-state index in [9.17, 15) is 9.18 Å². The first kappa shape index (κ1) is 19.7. The highest BCUT2D eigenvalue weighted by atomic mass is 19.1. The number of piperidine rings is 1. The van der Waals surface area contributed by atoms with Crippen LogP contribution in [0.4, 0.5) is 10.2 Å². The predicted molar refractivity (Wildman–Crippen MR) is 117 cm³/mol. The third-order valence-corrected chi connectivity index (χ3v) is 5.54. The molecule has 6 nitrogen and oxygen atoms in total. The lowest BCUT2D eigenvalue weighted by Gasteiger charge is -2.33. The molecule has 1 saturated heterocycles. The molecule has 30 heavy (non-hydrogen) atoms. The number of pyridine rings is 1. The van der Waals surface area contributed by atoms with E-state index in [4.69, 9.17) is 5.73 Å². The number of aromatic amines is 1. The molecule has 0 radical (unpaired) electrons. The summed E-state index contributed by atoms with van der Waals surface area (Å²) in [5, 5.41) is 3.18. The van der Waals surface area contributed by atoms with Crippen molar-refractivity contribution >= 4 is 28.2 Å². The Morgan fingerprint density at radius 1 is 1.37 bits per heavy atom. The zero-order valence-corrected chi connectivity index (χ0v) is 16.6. The summed E-state index contributed by atoms with van der Waals surface area (Å²) in [6.07, 6.45) is 7.50. The van der Waals surface area contributed by atoms with E-state index in [1.165, 1.54) is 18.0 Å². The van der Waals surface area contributed by atoms with Crippen LogP contribution in [-0.2, 0) is 4.79 Å². The van der Waals surface area contributed by atoms with Crippen molar-refractivity contribution in [2.75, 3.05) is 18.4 Å². The summed E-state index contributed by atoms with van der Waals surface area (Å²) < 4.78 is 14.6. The third kappa shape index (κ3) is 3.66. The molecule has 1 aliphatic rings. The van der Waals surface area contributed by atoms with Crippen molar-refractivity contribution in [3.8, 4) is 0 Å². The fraction of sp³-hybridized carbons (Fsp3) is 0.217. The molecule has 4 N–H and O–H groups in total. The van der Waals surface area contributed by atoms with Gasteiger partial charge in [0, 0.05) is 54.1 Å². The lowest BCUT2D eigenvalue weighted by atomic mass is 9.90. The molecule has 1 amide bonds. The number of rotatable bonds is 5. The number of halogens is 1. The number of carbonyl (C=O) groups is 1. The molecule has 0 saturated carbocycles. The Hall–Kier alpha value is -3.61. The average Bonchev–Trinajstić information content (AvgIpc) is 3.25. The largest absolute Gasteiger partial charge is 0.403 e. The maximum Gasteiger partial charge on any atom is 0.253 e. The highest BCUT2D eigenvalue weighted by Crippen LogP contribution is 2.33. The molecule has 0 aliphatic carbocycles. The Kier molecular flexibility index (Phi) is 5.52. The predicted octanol–water partition coefficient (Wildman–Crippen LogP) is 3.96. The molecule has 1 aromatic carbocycles. The summed E-state index contributed by atoms with van der Waals surface area (Å²) in [6.45, 7) is 5.30. The molecule has 3 heterocycles. The summed E-state index contributed by atoms with van der Waals surface area (Å²) in [4.78, 5) is 22.1. The topological polar surface area (TPSA) is 87.0 Å². The number of likely N-dealkylation sites (tertiary alicyclic amines) is 1. The highest BCUT2D eigenvalue weighted by Gasteiger charge is 2.28. The lowest BCUT2D eigenvalue weighted by Crippen LogP contribution is -2.39. The first-order valence-corrected chi connectivity index (χ1v) is 9.92. The minimum Gasteiger partial charge on any atom is -0.403 e. The Balaban J connectivity index is 1.60. The number of fused-ring (bicyclic) bond motifs is 1. The first-order valence-electron chi connectivity index (χ1n) is 9.92. The summed E-state index contributed by atoms with van der Waals surface area (Å²) >= 11 is 0.